The first kappa shape index (κ1) is 17.0. The average molecular weight is 290 g/mol. The number of carbonyl (C=O) groups excluding carboxylic acids is 1. The summed E-state index contributed by atoms with van der Waals surface area (Å²) in [5.41, 5.74) is 0.164. The Kier molecular flexibility index (Phi) is 7.87. The lowest BCUT2D eigenvalue weighted by Crippen LogP contribution is -2.04. The lowest BCUT2D eigenvalue weighted by molar-refractivity contribution is -0.129. The molecule has 0 unspecified atom stereocenters. The second kappa shape index (κ2) is 9.75. The van der Waals surface area contributed by atoms with Crippen molar-refractivity contribution in [2.24, 2.45) is 0 Å². The van der Waals surface area contributed by atoms with Crippen molar-refractivity contribution in [2.75, 3.05) is 0 Å². The van der Waals surface area contributed by atoms with Crippen LogP contribution in [0.5, 0.6) is 5.75 Å². The van der Waals surface area contributed by atoms with Gasteiger partial charge in [0.05, 0.1) is 5.56 Å². The summed E-state index contributed by atoms with van der Waals surface area (Å²) in [5.74, 6) is -1.10. The van der Waals surface area contributed by atoms with E-state index in [1.807, 2.05) is 6.08 Å². The maximum absolute atomic E-state index is 11.5. The van der Waals surface area contributed by atoms with Gasteiger partial charge in [0.15, 0.2) is 0 Å². The summed E-state index contributed by atoms with van der Waals surface area (Å²) >= 11 is 0. The SMILES string of the molecule is CCCCCCCC=CC(=O)Oc1ccc(C(=O)O)cc1. The normalized spacial score (nSPS) is 10.7. The molecule has 0 spiro atoms. The topological polar surface area (TPSA) is 63.6 Å². The maximum Gasteiger partial charge on any atom is 0.335 e. The van der Waals surface area contributed by atoms with E-state index >= 15 is 0 Å². The minimum absolute atomic E-state index is 0.164. The summed E-state index contributed by atoms with van der Waals surface area (Å²) in [4.78, 5) is 22.2. The minimum atomic E-state index is -1.00. The van der Waals surface area contributed by atoms with Gasteiger partial charge in [0.25, 0.3) is 0 Å². The van der Waals surface area contributed by atoms with E-state index in [1.54, 1.807) is 0 Å². The smallest absolute Gasteiger partial charge is 0.335 e. The van der Waals surface area contributed by atoms with Crippen molar-refractivity contribution in [1.82, 2.24) is 0 Å². The summed E-state index contributed by atoms with van der Waals surface area (Å²) in [5, 5.41) is 8.76. The Morgan fingerprint density at radius 1 is 1.10 bits per heavy atom. The number of carbonyl (C=O) groups is 2. The Balaban J connectivity index is 2.28. The summed E-state index contributed by atoms with van der Waals surface area (Å²) in [6.45, 7) is 2.18. The van der Waals surface area contributed by atoms with Gasteiger partial charge in [-0.1, -0.05) is 38.7 Å². The zero-order valence-corrected chi connectivity index (χ0v) is 12.4. The van der Waals surface area contributed by atoms with Crippen molar-refractivity contribution in [3.05, 3.63) is 42.0 Å². The number of rotatable bonds is 9. The zero-order valence-electron chi connectivity index (χ0n) is 12.4. The van der Waals surface area contributed by atoms with E-state index in [0.29, 0.717) is 5.75 Å². The van der Waals surface area contributed by atoms with Gasteiger partial charge in [0.1, 0.15) is 5.75 Å². The minimum Gasteiger partial charge on any atom is -0.478 e. The van der Waals surface area contributed by atoms with Crippen LogP contribution in [0.4, 0.5) is 0 Å². The van der Waals surface area contributed by atoms with Gasteiger partial charge < -0.3 is 9.84 Å². The van der Waals surface area contributed by atoms with Gasteiger partial charge >= 0.3 is 11.9 Å². The largest absolute Gasteiger partial charge is 0.478 e. The molecule has 0 bridgehead atoms. The van der Waals surface area contributed by atoms with Crippen LogP contribution in [-0.4, -0.2) is 17.0 Å². The van der Waals surface area contributed by atoms with Crippen LogP contribution < -0.4 is 4.74 Å². The first-order valence-corrected chi connectivity index (χ1v) is 7.35. The quantitative estimate of drug-likeness (QED) is 0.320. The number of allylic oxidation sites excluding steroid dienone is 1. The number of ether oxygens (including phenoxy) is 1. The number of benzene rings is 1. The van der Waals surface area contributed by atoms with Gasteiger partial charge in [-0.3, -0.25) is 0 Å². The third-order valence-corrected chi connectivity index (χ3v) is 3.05. The third-order valence-electron chi connectivity index (χ3n) is 3.05. The zero-order chi connectivity index (χ0) is 15.5. The van der Waals surface area contributed by atoms with Crippen molar-refractivity contribution < 1.29 is 19.4 Å². The van der Waals surface area contributed by atoms with E-state index in [1.165, 1.54) is 56.0 Å². The second-order valence-electron chi connectivity index (χ2n) is 4.86. The van der Waals surface area contributed by atoms with Crippen LogP contribution in [0.2, 0.25) is 0 Å². The van der Waals surface area contributed by atoms with Gasteiger partial charge in [0, 0.05) is 6.08 Å². The Morgan fingerprint density at radius 2 is 1.76 bits per heavy atom. The van der Waals surface area contributed by atoms with Gasteiger partial charge in [-0.15, -0.1) is 0 Å². The van der Waals surface area contributed by atoms with Gasteiger partial charge in [-0.05, 0) is 37.1 Å². The van der Waals surface area contributed by atoms with E-state index < -0.39 is 11.9 Å². The molecule has 0 fully saturated rings. The molecule has 0 aliphatic rings. The molecule has 1 aromatic rings. The molecular weight excluding hydrogens is 268 g/mol. The van der Waals surface area contributed by atoms with Crippen molar-refractivity contribution in [3.63, 3.8) is 0 Å². The van der Waals surface area contributed by atoms with Gasteiger partial charge in [-0.2, -0.15) is 0 Å². The predicted octanol–water partition coefficient (Wildman–Crippen LogP) is 4.21. The first-order valence-electron chi connectivity index (χ1n) is 7.35. The van der Waals surface area contributed by atoms with E-state index in [-0.39, 0.29) is 5.56 Å². The molecule has 4 nitrogen and oxygen atoms in total. The van der Waals surface area contributed by atoms with E-state index in [2.05, 4.69) is 6.92 Å². The number of unbranched alkanes of at least 4 members (excludes halogenated alkanes) is 5. The molecule has 0 heterocycles. The molecule has 1 N–H and O–H groups in total. The van der Waals surface area contributed by atoms with Crippen LogP contribution >= 0.6 is 0 Å². The highest BCUT2D eigenvalue weighted by Gasteiger charge is 2.04. The van der Waals surface area contributed by atoms with Crippen LogP contribution in [0.3, 0.4) is 0 Å². The monoisotopic (exact) mass is 290 g/mol. The molecule has 0 atom stereocenters. The highest BCUT2D eigenvalue weighted by atomic mass is 16.5. The summed E-state index contributed by atoms with van der Waals surface area (Å²) in [6, 6.07) is 5.75. The third kappa shape index (κ3) is 7.30. The van der Waals surface area contributed by atoms with Crippen LogP contribution in [0.1, 0.15) is 55.8 Å². The number of esters is 1. The molecule has 0 aliphatic heterocycles. The Labute approximate surface area is 125 Å². The van der Waals surface area contributed by atoms with Crippen LogP contribution in [0.25, 0.3) is 0 Å². The highest BCUT2D eigenvalue weighted by Crippen LogP contribution is 2.12. The van der Waals surface area contributed by atoms with Crippen molar-refractivity contribution >= 4 is 11.9 Å². The Morgan fingerprint density at radius 3 is 2.38 bits per heavy atom. The summed E-state index contributed by atoms with van der Waals surface area (Å²) < 4.78 is 5.08. The van der Waals surface area contributed by atoms with Crippen molar-refractivity contribution in [2.45, 2.75) is 45.4 Å². The molecule has 0 saturated carbocycles. The molecule has 4 heteroatoms. The average Bonchev–Trinajstić information content (AvgIpc) is 2.47. The molecule has 1 aromatic carbocycles. The predicted molar refractivity (Wildman–Crippen MR) is 81.6 cm³/mol. The van der Waals surface area contributed by atoms with Crippen LogP contribution in [0, 0.1) is 0 Å². The number of aromatic carboxylic acids is 1. The van der Waals surface area contributed by atoms with Crippen molar-refractivity contribution in [3.8, 4) is 5.75 Å². The summed E-state index contributed by atoms with van der Waals surface area (Å²) in [7, 11) is 0. The standard InChI is InChI=1S/C17H22O4/c1-2-3-4-5-6-7-8-9-16(18)21-15-12-10-14(11-13-15)17(19)20/h8-13H,2-7H2,1H3,(H,19,20). The second-order valence-corrected chi connectivity index (χ2v) is 4.86. The van der Waals surface area contributed by atoms with E-state index in [9.17, 15) is 9.59 Å². The lowest BCUT2D eigenvalue weighted by Gasteiger charge is -2.01. The lowest BCUT2D eigenvalue weighted by atomic mass is 10.1. The highest BCUT2D eigenvalue weighted by molar-refractivity contribution is 5.88. The molecule has 0 radical (unpaired) electrons. The number of hydrogen-bond donors (Lipinski definition) is 1. The van der Waals surface area contributed by atoms with Crippen molar-refractivity contribution in [1.29, 1.82) is 0 Å². The fourth-order valence-corrected chi connectivity index (χ4v) is 1.86. The maximum atomic E-state index is 11.5. The van der Waals surface area contributed by atoms with Crippen LogP contribution in [-0.2, 0) is 4.79 Å². The van der Waals surface area contributed by atoms with Gasteiger partial charge in [0.2, 0.25) is 0 Å². The molecule has 21 heavy (non-hydrogen) atoms. The van der Waals surface area contributed by atoms with E-state index in [0.717, 1.165) is 12.8 Å². The fraction of sp³-hybridized carbons (Fsp3) is 0.412. The Bertz CT molecular complexity index is 474. The number of carboxylic acid groups (broad SMARTS) is 1. The van der Waals surface area contributed by atoms with Crippen LogP contribution in [0.15, 0.2) is 36.4 Å². The number of hydrogen-bond acceptors (Lipinski definition) is 3. The number of carboxylic acids is 1. The molecule has 114 valence electrons. The fourth-order valence-electron chi connectivity index (χ4n) is 1.86. The summed E-state index contributed by atoms with van der Waals surface area (Å²) in [6.07, 6.45) is 10.1. The van der Waals surface area contributed by atoms with E-state index in [4.69, 9.17) is 9.84 Å². The molecule has 0 aromatic heterocycles. The Hall–Kier alpha value is -2.10. The molecule has 0 aliphatic carbocycles. The molecule has 1 rings (SSSR count). The first-order chi connectivity index (χ1) is 10.1. The molecular formula is C17H22O4. The molecule has 0 amide bonds. The van der Waals surface area contributed by atoms with Gasteiger partial charge in [-0.25, -0.2) is 9.59 Å². The molecule has 0 saturated heterocycles.